The van der Waals surface area contributed by atoms with E-state index < -0.39 is 6.04 Å². The van der Waals surface area contributed by atoms with Crippen LogP contribution in [0.15, 0.2) is 48.9 Å². The SMILES string of the molecule is O=C(c1cnccn1)N1CCN(C(=O)C2CSCN2C(=O)c2ccccc2)CC1. The molecule has 1 aromatic carbocycles. The molecule has 2 fully saturated rings. The molecule has 4 rings (SSSR count). The first kappa shape index (κ1) is 19.4. The molecule has 2 saturated heterocycles. The molecule has 0 bridgehead atoms. The quantitative estimate of drug-likeness (QED) is 0.748. The summed E-state index contributed by atoms with van der Waals surface area (Å²) in [5, 5.41) is 0. The van der Waals surface area contributed by atoms with Gasteiger partial charge in [-0.2, -0.15) is 0 Å². The third-order valence-corrected chi connectivity index (χ3v) is 6.12. The Morgan fingerprint density at radius 1 is 0.931 bits per heavy atom. The molecule has 9 heteroatoms. The third kappa shape index (κ3) is 4.09. The Balaban J connectivity index is 1.38. The predicted molar refractivity (Wildman–Crippen MR) is 108 cm³/mol. The first-order chi connectivity index (χ1) is 14.1. The first-order valence-electron chi connectivity index (χ1n) is 9.43. The minimum absolute atomic E-state index is 0.0501. The fourth-order valence-electron chi connectivity index (χ4n) is 3.51. The molecule has 3 amide bonds. The maximum Gasteiger partial charge on any atom is 0.274 e. The normalized spacial score (nSPS) is 19.3. The van der Waals surface area contributed by atoms with Crippen LogP contribution in [0.3, 0.4) is 0 Å². The number of nitrogens with zero attached hydrogens (tertiary/aromatic N) is 5. The summed E-state index contributed by atoms with van der Waals surface area (Å²) in [5.41, 5.74) is 0.895. The van der Waals surface area contributed by atoms with Crippen molar-refractivity contribution >= 4 is 29.5 Å². The number of amides is 3. The maximum atomic E-state index is 13.1. The van der Waals surface area contributed by atoms with Gasteiger partial charge < -0.3 is 14.7 Å². The zero-order valence-corrected chi connectivity index (χ0v) is 16.6. The van der Waals surface area contributed by atoms with E-state index >= 15 is 0 Å². The van der Waals surface area contributed by atoms with Crippen molar-refractivity contribution in [3.05, 3.63) is 60.2 Å². The summed E-state index contributed by atoms with van der Waals surface area (Å²) < 4.78 is 0. The Morgan fingerprint density at radius 2 is 1.66 bits per heavy atom. The molecule has 29 heavy (non-hydrogen) atoms. The van der Waals surface area contributed by atoms with Crippen LogP contribution < -0.4 is 0 Å². The average molecular weight is 411 g/mol. The molecule has 2 aliphatic heterocycles. The van der Waals surface area contributed by atoms with Crippen molar-refractivity contribution < 1.29 is 14.4 Å². The van der Waals surface area contributed by atoms with Gasteiger partial charge in [0.05, 0.1) is 12.1 Å². The third-order valence-electron chi connectivity index (χ3n) is 5.11. The lowest BCUT2D eigenvalue weighted by molar-refractivity contribution is -0.136. The summed E-state index contributed by atoms with van der Waals surface area (Å²) in [4.78, 5) is 51.5. The summed E-state index contributed by atoms with van der Waals surface area (Å²) in [6.45, 7) is 1.76. The van der Waals surface area contributed by atoms with Crippen LogP contribution in [0.25, 0.3) is 0 Å². The van der Waals surface area contributed by atoms with Gasteiger partial charge in [0.2, 0.25) is 5.91 Å². The van der Waals surface area contributed by atoms with E-state index in [-0.39, 0.29) is 17.7 Å². The van der Waals surface area contributed by atoms with Crippen molar-refractivity contribution in [1.82, 2.24) is 24.7 Å². The molecular formula is C20H21N5O3S. The van der Waals surface area contributed by atoms with E-state index in [0.717, 1.165) is 0 Å². The molecule has 150 valence electrons. The Labute approximate surface area is 172 Å². The van der Waals surface area contributed by atoms with Crippen molar-refractivity contribution in [3.63, 3.8) is 0 Å². The molecule has 0 radical (unpaired) electrons. The largest absolute Gasteiger partial charge is 0.337 e. The van der Waals surface area contributed by atoms with Crippen LogP contribution in [0.5, 0.6) is 0 Å². The van der Waals surface area contributed by atoms with Gasteiger partial charge in [0.1, 0.15) is 11.7 Å². The van der Waals surface area contributed by atoms with Gasteiger partial charge in [0.15, 0.2) is 0 Å². The van der Waals surface area contributed by atoms with E-state index in [4.69, 9.17) is 0 Å². The number of thioether (sulfide) groups is 1. The molecule has 0 N–H and O–H groups in total. The number of hydrogen-bond acceptors (Lipinski definition) is 6. The van der Waals surface area contributed by atoms with Crippen LogP contribution in [-0.4, -0.2) is 86.2 Å². The Hall–Kier alpha value is -2.94. The second-order valence-corrected chi connectivity index (χ2v) is 7.86. The number of aromatic nitrogens is 2. The number of hydrogen-bond donors (Lipinski definition) is 0. The first-order valence-corrected chi connectivity index (χ1v) is 10.6. The highest BCUT2D eigenvalue weighted by atomic mass is 32.2. The minimum atomic E-state index is -0.463. The smallest absolute Gasteiger partial charge is 0.274 e. The van der Waals surface area contributed by atoms with Crippen LogP contribution in [0.2, 0.25) is 0 Å². The summed E-state index contributed by atoms with van der Waals surface area (Å²) in [6.07, 6.45) is 4.46. The molecule has 8 nitrogen and oxygen atoms in total. The Morgan fingerprint density at radius 3 is 2.34 bits per heavy atom. The molecule has 1 atom stereocenters. The number of piperazine rings is 1. The second kappa shape index (κ2) is 8.60. The molecule has 3 heterocycles. The summed E-state index contributed by atoms with van der Waals surface area (Å²) >= 11 is 1.59. The van der Waals surface area contributed by atoms with Crippen molar-refractivity contribution in [3.8, 4) is 0 Å². The van der Waals surface area contributed by atoms with E-state index in [1.165, 1.54) is 18.6 Å². The fraction of sp³-hybridized carbons (Fsp3) is 0.350. The van der Waals surface area contributed by atoms with Gasteiger partial charge in [-0.25, -0.2) is 4.98 Å². The molecule has 2 aliphatic rings. The van der Waals surface area contributed by atoms with Gasteiger partial charge in [0.25, 0.3) is 11.8 Å². The van der Waals surface area contributed by atoms with E-state index in [1.54, 1.807) is 38.6 Å². The van der Waals surface area contributed by atoms with Gasteiger partial charge >= 0.3 is 0 Å². The number of carbonyl (C=O) groups is 3. The zero-order chi connectivity index (χ0) is 20.2. The lowest BCUT2D eigenvalue weighted by Gasteiger charge is -2.37. The van der Waals surface area contributed by atoms with E-state index in [1.807, 2.05) is 18.2 Å². The van der Waals surface area contributed by atoms with Crippen LogP contribution in [0.4, 0.5) is 0 Å². The highest BCUT2D eigenvalue weighted by molar-refractivity contribution is 7.99. The van der Waals surface area contributed by atoms with E-state index in [2.05, 4.69) is 9.97 Å². The monoisotopic (exact) mass is 411 g/mol. The molecule has 0 aliphatic carbocycles. The van der Waals surface area contributed by atoms with Crippen molar-refractivity contribution in [2.45, 2.75) is 6.04 Å². The zero-order valence-electron chi connectivity index (χ0n) is 15.8. The fourth-order valence-corrected chi connectivity index (χ4v) is 4.65. The average Bonchev–Trinajstić information content (AvgIpc) is 3.29. The van der Waals surface area contributed by atoms with Crippen molar-refractivity contribution in [2.24, 2.45) is 0 Å². The van der Waals surface area contributed by atoms with E-state index in [0.29, 0.717) is 49.1 Å². The standard InChI is InChI=1S/C20H21N5O3S/c26-18(15-4-2-1-3-5-15)25-14-29-13-17(25)20(28)24-10-8-23(9-11-24)19(27)16-12-21-6-7-22-16/h1-7,12,17H,8-11,13-14H2. The van der Waals surface area contributed by atoms with Gasteiger partial charge in [-0.15, -0.1) is 11.8 Å². The number of benzene rings is 1. The highest BCUT2D eigenvalue weighted by Crippen LogP contribution is 2.25. The summed E-state index contributed by atoms with van der Waals surface area (Å²) in [5.74, 6) is 0.754. The topological polar surface area (TPSA) is 86.7 Å². The second-order valence-electron chi connectivity index (χ2n) is 6.86. The van der Waals surface area contributed by atoms with Crippen molar-refractivity contribution in [2.75, 3.05) is 37.8 Å². The maximum absolute atomic E-state index is 13.1. The summed E-state index contributed by atoms with van der Waals surface area (Å²) in [7, 11) is 0. The Kier molecular flexibility index (Phi) is 5.75. The van der Waals surface area contributed by atoms with Gasteiger partial charge in [-0.05, 0) is 12.1 Å². The molecule has 0 saturated carbocycles. The van der Waals surface area contributed by atoms with Crippen LogP contribution >= 0.6 is 11.8 Å². The van der Waals surface area contributed by atoms with Crippen molar-refractivity contribution in [1.29, 1.82) is 0 Å². The van der Waals surface area contributed by atoms with Crippen LogP contribution in [-0.2, 0) is 4.79 Å². The molecular weight excluding hydrogens is 390 g/mol. The Bertz CT molecular complexity index is 888. The van der Waals surface area contributed by atoms with Gasteiger partial charge in [0, 0.05) is 49.9 Å². The van der Waals surface area contributed by atoms with Gasteiger partial charge in [-0.3, -0.25) is 19.4 Å². The summed E-state index contributed by atoms with van der Waals surface area (Å²) in [6, 6.07) is 8.57. The molecule has 1 unspecified atom stereocenters. The highest BCUT2D eigenvalue weighted by Gasteiger charge is 2.38. The van der Waals surface area contributed by atoms with Crippen LogP contribution in [0.1, 0.15) is 20.8 Å². The number of carbonyl (C=O) groups excluding carboxylic acids is 3. The molecule has 2 aromatic rings. The predicted octanol–water partition coefficient (Wildman–Crippen LogP) is 0.976. The van der Waals surface area contributed by atoms with Gasteiger partial charge in [-0.1, -0.05) is 18.2 Å². The lowest BCUT2D eigenvalue weighted by atomic mass is 10.1. The minimum Gasteiger partial charge on any atom is -0.337 e. The van der Waals surface area contributed by atoms with Crippen LogP contribution in [0, 0.1) is 0 Å². The van der Waals surface area contributed by atoms with E-state index in [9.17, 15) is 14.4 Å². The molecule has 0 spiro atoms. The lowest BCUT2D eigenvalue weighted by Crippen LogP contribution is -2.56. The molecule has 1 aromatic heterocycles. The number of rotatable bonds is 3.